The number of H-pyrrole nitrogens is 1. The quantitative estimate of drug-likeness (QED) is 0.889. The van der Waals surface area contributed by atoms with Crippen molar-refractivity contribution in [1.29, 1.82) is 0 Å². The number of imidazole rings is 1. The molecule has 0 radical (unpaired) electrons. The fourth-order valence-electron chi connectivity index (χ4n) is 1.72. The summed E-state index contributed by atoms with van der Waals surface area (Å²) < 4.78 is 33.5. The molecular weight excluding hydrogens is 329 g/mol. The first-order chi connectivity index (χ1) is 11.0. The van der Waals surface area contributed by atoms with Crippen LogP contribution in [0, 0.1) is 6.92 Å². The Morgan fingerprint density at radius 1 is 1.42 bits per heavy atom. The van der Waals surface area contributed by atoms with E-state index >= 15 is 0 Å². The van der Waals surface area contributed by atoms with E-state index in [9.17, 15) is 18.0 Å². The van der Waals surface area contributed by atoms with E-state index in [0.717, 1.165) is 11.5 Å². The molecule has 0 aliphatic heterocycles. The van der Waals surface area contributed by atoms with Crippen molar-refractivity contribution in [2.24, 2.45) is 7.05 Å². The highest BCUT2D eigenvalue weighted by Crippen LogP contribution is 2.13. The van der Waals surface area contributed by atoms with Crippen molar-refractivity contribution in [2.45, 2.75) is 19.6 Å². The number of hydrogen-bond donors (Lipinski definition) is 2. The number of aryl methyl sites for hydroxylation is 2. The van der Waals surface area contributed by atoms with Crippen molar-refractivity contribution in [3.63, 3.8) is 0 Å². The molecule has 0 unspecified atom stereocenters. The molecule has 1 amide bonds. The lowest BCUT2D eigenvalue weighted by Crippen LogP contribution is -2.28. The van der Waals surface area contributed by atoms with Crippen molar-refractivity contribution in [3.8, 4) is 0 Å². The van der Waals surface area contributed by atoms with Crippen LogP contribution in [-0.4, -0.2) is 49.6 Å². The highest BCUT2D eigenvalue weighted by atomic mass is 19.4. The van der Waals surface area contributed by atoms with E-state index in [1.54, 1.807) is 18.1 Å². The average Bonchev–Trinajstić information content (AvgIpc) is 3.06. The van der Waals surface area contributed by atoms with Crippen LogP contribution < -0.4 is 0 Å². The van der Waals surface area contributed by atoms with E-state index < -0.39 is 12.1 Å². The molecule has 2 rings (SSSR count). The van der Waals surface area contributed by atoms with Gasteiger partial charge < -0.3 is 19.6 Å². The molecule has 24 heavy (non-hydrogen) atoms. The molecule has 0 aliphatic carbocycles. The molecule has 0 aliphatic rings. The van der Waals surface area contributed by atoms with Gasteiger partial charge in [-0.25, -0.2) is 9.78 Å². The smallest absolute Gasteiger partial charge is 0.475 e. The van der Waals surface area contributed by atoms with E-state index in [2.05, 4.69) is 9.97 Å². The van der Waals surface area contributed by atoms with Crippen molar-refractivity contribution < 1.29 is 27.9 Å². The van der Waals surface area contributed by atoms with Gasteiger partial charge in [0.15, 0.2) is 0 Å². The standard InChI is InChI=1S/C12H16N4O.C2HF3O2/c1-9-7-13-11(14-9)8-16(3)12(17)10-5-4-6-15(10)2;3-2(4,5)1(6)7/h4-7H,8H2,1-3H3,(H,13,14);(H,6,7). The first kappa shape index (κ1) is 19.3. The maximum absolute atomic E-state index is 12.1. The molecule has 132 valence electrons. The number of halogens is 3. The van der Waals surface area contributed by atoms with E-state index in [-0.39, 0.29) is 5.91 Å². The SMILES string of the molecule is Cc1cnc(CN(C)C(=O)c2cccn2C)[nH]1.O=C(O)C(F)(F)F. The largest absolute Gasteiger partial charge is 0.490 e. The molecule has 7 nitrogen and oxygen atoms in total. The Balaban J connectivity index is 0.000000351. The third kappa shape index (κ3) is 5.45. The first-order valence-electron chi connectivity index (χ1n) is 6.69. The van der Waals surface area contributed by atoms with Gasteiger partial charge in [0.05, 0.1) is 6.54 Å². The molecule has 0 atom stereocenters. The Labute approximate surface area is 135 Å². The third-order valence-electron chi connectivity index (χ3n) is 2.89. The topological polar surface area (TPSA) is 91.2 Å². The molecule has 10 heteroatoms. The van der Waals surface area contributed by atoms with E-state index in [0.29, 0.717) is 12.2 Å². The number of carbonyl (C=O) groups is 2. The lowest BCUT2D eigenvalue weighted by Gasteiger charge is -2.16. The lowest BCUT2D eigenvalue weighted by atomic mass is 10.3. The van der Waals surface area contributed by atoms with Crippen LogP contribution in [0.2, 0.25) is 0 Å². The Bertz CT molecular complexity index is 706. The number of nitrogens with one attached hydrogen (secondary N) is 1. The number of nitrogens with zero attached hydrogens (tertiary/aromatic N) is 3. The summed E-state index contributed by atoms with van der Waals surface area (Å²) >= 11 is 0. The van der Waals surface area contributed by atoms with Crippen molar-refractivity contribution in [3.05, 3.63) is 41.7 Å². The summed E-state index contributed by atoms with van der Waals surface area (Å²) in [4.78, 5) is 29.9. The molecule has 0 saturated heterocycles. The minimum Gasteiger partial charge on any atom is -0.475 e. The van der Waals surface area contributed by atoms with Gasteiger partial charge in [-0.1, -0.05) is 0 Å². The zero-order valence-corrected chi connectivity index (χ0v) is 13.3. The second kappa shape index (κ2) is 7.66. The van der Waals surface area contributed by atoms with Crippen LogP contribution in [0.4, 0.5) is 13.2 Å². The number of alkyl halides is 3. The highest BCUT2D eigenvalue weighted by Gasteiger charge is 2.38. The molecule has 2 N–H and O–H groups in total. The summed E-state index contributed by atoms with van der Waals surface area (Å²) in [6.07, 6.45) is -1.46. The minimum atomic E-state index is -5.08. The summed E-state index contributed by atoms with van der Waals surface area (Å²) in [5, 5.41) is 7.12. The maximum Gasteiger partial charge on any atom is 0.490 e. The molecule has 0 saturated carbocycles. The van der Waals surface area contributed by atoms with Gasteiger partial charge in [-0.2, -0.15) is 13.2 Å². The summed E-state index contributed by atoms with van der Waals surface area (Å²) in [7, 11) is 3.63. The molecular formula is C14H17F3N4O3. The number of aromatic amines is 1. The summed E-state index contributed by atoms with van der Waals surface area (Å²) in [6, 6.07) is 3.67. The zero-order valence-electron chi connectivity index (χ0n) is 13.3. The number of carbonyl (C=O) groups excluding carboxylic acids is 1. The lowest BCUT2D eigenvalue weighted by molar-refractivity contribution is -0.192. The van der Waals surface area contributed by atoms with Crippen LogP contribution in [0.1, 0.15) is 22.0 Å². The molecule has 0 spiro atoms. The van der Waals surface area contributed by atoms with Crippen LogP contribution in [0.15, 0.2) is 24.5 Å². The number of aliphatic carboxylic acids is 1. The van der Waals surface area contributed by atoms with Crippen LogP contribution in [-0.2, 0) is 18.4 Å². The molecule has 0 bridgehead atoms. The summed E-state index contributed by atoms with van der Waals surface area (Å²) in [5.74, 6) is -1.97. The Kier molecular flexibility index (Phi) is 6.15. The summed E-state index contributed by atoms with van der Waals surface area (Å²) in [6.45, 7) is 2.42. The number of carboxylic acids is 1. The molecule has 0 aromatic carbocycles. The van der Waals surface area contributed by atoms with Gasteiger partial charge in [-0.3, -0.25) is 4.79 Å². The van der Waals surface area contributed by atoms with Crippen molar-refractivity contribution >= 4 is 11.9 Å². The normalized spacial score (nSPS) is 10.8. The van der Waals surface area contributed by atoms with Crippen molar-refractivity contribution in [1.82, 2.24) is 19.4 Å². The number of rotatable bonds is 3. The number of amides is 1. The van der Waals surface area contributed by atoms with Gasteiger partial charge in [0, 0.05) is 32.2 Å². The predicted octanol–water partition coefficient (Wildman–Crippen LogP) is 1.96. The van der Waals surface area contributed by atoms with Gasteiger partial charge in [0.1, 0.15) is 11.5 Å². The highest BCUT2D eigenvalue weighted by molar-refractivity contribution is 5.92. The fourth-order valence-corrected chi connectivity index (χ4v) is 1.72. The fraction of sp³-hybridized carbons (Fsp3) is 0.357. The maximum atomic E-state index is 12.1. The number of aromatic nitrogens is 3. The van der Waals surface area contributed by atoms with Gasteiger partial charge in [0.25, 0.3) is 5.91 Å². The monoisotopic (exact) mass is 346 g/mol. The first-order valence-corrected chi connectivity index (χ1v) is 6.69. The molecule has 2 heterocycles. The van der Waals surface area contributed by atoms with Crippen LogP contribution in [0.5, 0.6) is 0 Å². The van der Waals surface area contributed by atoms with Gasteiger partial charge in [-0.15, -0.1) is 0 Å². The zero-order chi connectivity index (χ0) is 18.5. The third-order valence-corrected chi connectivity index (χ3v) is 2.89. The molecule has 2 aromatic rings. The van der Waals surface area contributed by atoms with E-state index in [1.165, 1.54) is 0 Å². The average molecular weight is 346 g/mol. The van der Waals surface area contributed by atoms with Gasteiger partial charge in [0.2, 0.25) is 0 Å². The predicted molar refractivity (Wildman–Crippen MR) is 78.2 cm³/mol. The summed E-state index contributed by atoms with van der Waals surface area (Å²) in [5.41, 5.74) is 1.68. The molecule has 2 aromatic heterocycles. The van der Waals surface area contributed by atoms with E-state index in [1.807, 2.05) is 36.9 Å². The Hall–Kier alpha value is -2.78. The van der Waals surface area contributed by atoms with E-state index in [4.69, 9.17) is 9.90 Å². The van der Waals surface area contributed by atoms with Crippen LogP contribution in [0.25, 0.3) is 0 Å². The molecule has 0 fully saturated rings. The van der Waals surface area contributed by atoms with Gasteiger partial charge >= 0.3 is 12.1 Å². The minimum absolute atomic E-state index is 0.00782. The number of hydrogen-bond acceptors (Lipinski definition) is 3. The van der Waals surface area contributed by atoms with Gasteiger partial charge in [-0.05, 0) is 19.1 Å². The Morgan fingerprint density at radius 2 is 2.00 bits per heavy atom. The Morgan fingerprint density at radius 3 is 2.38 bits per heavy atom. The van der Waals surface area contributed by atoms with Crippen molar-refractivity contribution in [2.75, 3.05) is 7.05 Å². The van der Waals surface area contributed by atoms with Crippen LogP contribution >= 0.6 is 0 Å². The number of carboxylic acid groups (broad SMARTS) is 1. The second-order valence-corrected chi connectivity index (χ2v) is 4.98. The second-order valence-electron chi connectivity index (χ2n) is 4.98. The van der Waals surface area contributed by atoms with Crippen LogP contribution in [0.3, 0.4) is 0 Å².